The Balaban J connectivity index is 1.59. The van der Waals surface area contributed by atoms with Crippen LogP contribution in [0, 0.1) is 11.6 Å². The zero-order chi connectivity index (χ0) is 18.0. The number of imide groups is 1. The first-order chi connectivity index (χ1) is 11.9. The third-order valence-corrected chi connectivity index (χ3v) is 4.67. The van der Waals surface area contributed by atoms with Crippen LogP contribution in [0.15, 0.2) is 18.2 Å². The van der Waals surface area contributed by atoms with Gasteiger partial charge in [0.15, 0.2) is 0 Å². The van der Waals surface area contributed by atoms with Crippen LogP contribution in [0.4, 0.5) is 13.6 Å². The number of hydrogen-bond acceptors (Lipinski definition) is 3. The quantitative estimate of drug-likeness (QED) is 0.813. The zero-order valence-corrected chi connectivity index (χ0v) is 13.6. The van der Waals surface area contributed by atoms with Gasteiger partial charge in [0, 0.05) is 12.6 Å². The molecule has 4 amide bonds. The number of amides is 4. The minimum Gasteiger partial charge on any atom is -0.350 e. The number of rotatable bonds is 4. The van der Waals surface area contributed by atoms with Gasteiger partial charge in [0.1, 0.15) is 23.7 Å². The molecule has 8 heteroatoms. The van der Waals surface area contributed by atoms with Crippen molar-refractivity contribution in [1.29, 1.82) is 0 Å². The molecule has 25 heavy (non-hydrogen) atoms. The maximum absolute atomic E-state index is 13.1. The summed E-state index contributed by atoms with van der Waals surface area (Å²) in [6, 6.07) is 2.38. The van der Waals surface area contributed by atoms with Crippen molar-refractivity contribution >= 4 is 17.8 Å². The molecule has 1 spiro atoms. The van der Waals surface area contributed by atoms with Crippen molar-refractivity contribution in [2.45, 2.75) is 44.2 Å². The fraction of sp³-hybridized carbons (Fsp3) is 0.471. The van der Waals surface area contributed by atoms with Crippen LogP contribution in [0.3, 0.4) is 0 Å². The molecule has 3 rings (SSSR count). The van der Waals surface area contributed by atoms with E-state index in [0.29, 0.717) is 12.8 Å². The van der Waals surface area contributed by atoms with Crippen LogP contribution in [0.1, 0.15) is 37.7 Å². The topological polar surface area (TPSA) is 78.5 Å². The van der Waals surface area contributed by atoms with Crippen LogP contribution in [-0.2, 0) is 16.1 Å². The minimum atomic E-state index is -0.874. The highest BCUT2D eigenvalue weighted by Gasteiger charge is 2.51. The Hall–Kier alpha value is -2.51. The first-order valence-electron chi connectivity index (χ1n) is 8.25. The van der Waals surface area contributed by atoms with Gasteiger partial charge < -0.3 is 10.6 Å². The molecule has 6 nitrogen and oxygen atoms in total. The number of hydrogen-bond donors (Lipinski definition) is 2. The summed E-state index contributed by atoms with van der Waals surface area (Å²) < 4.78 is 26.3. The highest BCUT2D eigenvalue weighted by molar-refractivity contribution is 6.09. The normalized spacial score (nSPS) is 19.2. The van der Waals surface area contributed by atoms with Gasteiger partial charge in [-0.25, -0.2) is 13.6 Å². The van der Waals surface area contributed by atoms with Crippen molar-refractivity contribution in [3.8, 4) is 0 Å². The van der Waals surface area contributed by atoms with Gasteiger partial charge in [-0.2, -0.15) is 0 Å². The summed E-state index contributed by atoms with van der Waals surface area (Å²) >= 11 is 0. The summed E-state index contributed by atoms with van der Waals surface area (Å²) in [6.07, 6.45) is 3.90. The molecule has 1 aliphatic carbocycles. The second-order valence-corrected chi connectivity index (χ2v) is 6.52. The summed E-state index contributed by atoms with van der Waals surface area (Å²) in [5.41, 5.74) is -0.617. The first kappa shape index (κ1) is 17.3. The van der Waals surface area contributed by atoms with Gasteiger partial charge in [-0.15, -0.1) is 0 Å². The molecule has 0 aromatic heterocycles. The van der Waals surface area contributed by atoms with E-state index < -0.39 is 35.7 Å². The summed E-state index contributed by atoms with van der Waals surface area (Å²) in [6.45, 7) is -0.507. The lowest BCUT2D eigenvalue weighted by molar-refractivity contribution is -0.135. The molecule has 0 radical (unpaired) electrons. The fourth-order valence-electron chi connectivity index (χ4n) is 3.43. The van der Waals surface area contributed by atoms with E-state index >= 15 is 0 Å². The van der Waals surface area contributed by atoms with Gasteiger partial charge in [-0.05, 0) is 30.5 Å². The number of nitrogens with zero attached hydrogens (tertiary/aromatic N) is 1. The number of urea groups is 1. The third-order valence-electron chi connectivity index (χ3n) is 4.67. The zero-order valence-electron chi connectivity index (χ0n) is 13.6. The smallest absolute Gasteiger partial charge is 0.325 e. The van der Waals surface area contributed by atoms with Crippen LogP contribution in [0.2, 0.25) is 0 Å². The molecule has 1 saturated heterocycles. The maximum atomic E-state index is 13.1. The lowest BCUT2D eigenvalue weighted by atomic mass is 9.82. The highest BCUT2D eigenvalue weighted by atomic mass is 19.1. The van der Waals surface area contributed by atoms with E-state index in [2.05, 4.69) is 10.6 Å². The average molecular weight is 351 g/mol. The summed E-state index contributed by atoms with van der Waals surface area (Å²) in [4.78, 5) is 37.6. The summed E-state index contributed by atoms with van der Waals surface area (Å²) in [5.74, 6) is -2.42. The number of nitrogens with one attached hydrogen (secondary N) is 2. The van der Waals surface area contributed by atoms with E-state index in [1.165, 1.54) is 0 Å². The molecule has 134 valence electrons. The number of carbonyl (C=O) groups is 3. The number of carbonyl (C=O) groups excluding carboxylic acids is 3. The van der Waals surface area contributed by atoms with Crippen molar-refractivity contribution in [2.75, 3.05) is 6.54 Å². The molecule has 2 N–H and O–H groups in total. The van der Waals surface area contributed by atoms with Crippen molar-refractivity contribution in [3.63, 3.8) is 0 Å². The predicted octanol–water partition coefficient (Wildman–Crippen LogP) is 1.84. The Morgan fingerprint density at radius 1 is 1.12 bits per heavy atom. The SMILES string of the molecule is O=C(CN1C(=O)NC2(CCCCC2)C1=O)NCc1cc(F)cc(F)c1. The van der Waals surface area contributed by atoms with E-state index in [4.69, 9.17) is 0 Å². The van der Waals surface area contributed by atoms with Gasteiger partial charge >= 0.3 is 6.03 Å². The third kappa shape index (κ3) is 3.62. The van der Waals surface area contributed by atoms with Gasteiger partial charge in [0.2, 0.25) is 5.91 Å². The summed E-state index contributed by atoms with van der Waals surface area (Å²) in [7, 11) is 0. The van der Waals surface area contributed by atoms with E-state index in [-0.39, 0.29) is 18.0 Å². The highest BCUT2D eigenvalue weighted by Crippen LogP contribution is 2.33. The van der Waals surface area contributed by atoms with Gasteiger partial charge in [0.25, 0.3) is 5.91 Å². The molecule has 1 aliphatic heterocycles. The van der Waals surface area contributed by atoms with Crippen LogP contribution >= 0.6 is 0 Å². The molecule has 1 aromatic rings. The maximum Gasteiger partial charge on any atom is 0.325 e. The molecular formula is C17H19F2N3O3. The molecule has 2 aliphatic rings. The van der Waals surface area contributed by atoms with E-state index in [0.717, 1.165) is 42.4 Å². The molecule has 0 bridgehead atoms. The molecule has 2 fully saturated rings. The largest absolute Gasteiger partial charge is 0.350 e. The molecule has 0 unspecified atom stereocenters. The van der Waals surface area contributed by atoms with Crippen LogP contribution in [0.5, 0.6) is 0 Å². The van der Waals surface area contributed by atoms with Gasteiger partial charge in [-0.3, -0.25) is 14.5 Å². The standard InChI is InChI=1S/C17H19F2N3O3/c18-12-6-11(7-13(19)8-12)9-20-14(23)10-22-15(24)17(21-16(22)25)4-2-1-3-5-17/h6-8H,1-5,9-10H2,(H,20,23)(H,21,25). The van der Waals surface area contributed by atoms with E-state index in [1.807, 2.05) is 0 Å². The van der Waals surface area contributed by atoms with Crippen molar-refractivity contribution in [3.05, 3.63) is 35.4 Å². The number of benzene rings is 1. The molecule has 1 aromatic carbocycles. The van der Waals surface area contributed by atoms with E-state index in [1.54, 1.807) is 0 Å². The predicted molar refractivity (Wildman–Crippen MR) is 84.3 cm³/mol. The fourth-order valence-corrected chi connectivity index (χ4v) is 3.43. The Morgan fingerprint density at radius 2 is 1.76 bits per heavy atom. The Kier molecular flexibility index (Phi) is 4.69. The lowest BCUT2D eigenvalue weighted by Gasteiger charge is -2.30. The Bertz CT molecular complexity index is 697. The Labute approximate surface area is 143 Å². The average Bonchev–Trinajstić information content (AvgIpc) is 2.77. The molecule has 0 atom stereocenters. The molecular weight excluding hydrogens is 332 g/mol. The minimum absolute atomic E-state index is 0.0949. The van der Waals surface area contributed by atoms with Crippen LogP contribution in [-0.4, -0.2) is 34.8 Å². The second kappa shape index (κ2) is 6.78. The summed E-state index contributed by atoms with van der Waals surface area (Å²) in [5, 5.41) is 5.19. The van der Waals surface area contributed by atoms with Gasteiger partial charge in [0.05, 0.1) is 0 Å². The van der Waals surface area contributed by atoms with Crippen LogP contribution < -0.4 is 10.6 Å². The van der Waals surface area contributed by atoms with Crippen molar-refractivity contribution < 1.29 is 23.2 Å². The van der Waals surface area contributed by atoms with Crippen molar-refractivity contribution in [2.24, 2.45) is 0 Å². The van der Waals surface area contributed by atoms with Crippen molar-refractivity contribution in [1.82, 2.24) is 15.5 Å². The van der Waals surface area contributed by atoms with Crippen LogP contribution in [0.25, 0.3) is 0 Å². The monoisotopic (exact) mass is 351 g/mol. The lowest BCUT2D eigenvalue weighted by Crippen LogP contribution is -2.49. The molecule has 1 heterocycles. The molecule has 1 saturated carbocycles. The first-order valence-corrected chi connectivity index (χ1v) is 8.25. The van der Waals surface area contributed by atoms with E-state index in [9.17, 15) is 23.2 Å². The Morgan fingerprint density at radius 3 is 2.40 bits per heavy atom. The number of halogens is 2. The van der Waals surface area contributed by atoms with Gasteiger partial charge in [-0.1, -0.05) is 19.3 Å². The second-order valence-electron chi connectivity index (χ2n) is 6.52.